The molecule has 112 valence electrons. The second kappa shape index (κ2) is 6.80. The van der Waals surface area contributed by atoms with Crippen molar-refractivity contribution in [3.05, 3.63) is 11.6 Å². The molecule has 1 fully saturated rings. The second-order valence-corrected chi connectivity index (χ2v) is 8.09. The third-order valence-electron chi connectivity index (χ3n) is 3.06. The Balaban J connectivity index is 1.92. The van der Waals surface area contributed by atoms with Gasteiger partial charge in [0.05, 0.1) is 0 Å². The molecular weight excluding hydrogens is 292 g/mol. The number of hydrogen-bond acceptors (Lipinski definition) is 5. The fourth-order valence-corrected chi connectivity index (χ4v) is 4.00. The van der Waals surface area contributed by atoms with E-state index in [-0.39, 0.29) is 12.1 Å². The number of piperidine rings is 1. The van der Waals surface area contributed by atoms with Gasteiger partial charge >= 0.3 is 6.09 Å². The average molecular weight is 314 g/mol. The van der Waals surface area contributed by atoms with E-state index in [9.17, 15) is 4.79 Å². The number of thioether (sulfide) groups is 1. The number of ether oxygens (including phenoxy) is 1. The van der Waals surface area contributed by atoms with Crippen LogP contribution in [0.5, 0.6) is 0 Å². The second-order valence-electron chi connectivity index (χ2n) is 5.93. The molecule has 1 aromatic rings. The van der Waals surface area contributed by atoms with Crippen LogP contribution in [0.25, 0.3) is 0 Å². The summed E-state index contributed by atoms with van der Waals surface area (Å²) in [6.07, 6.45) is 4.94. The van der Waals surface area contributed by atoms with E-state index in [0.29, 0.717) is 0 Å². The van der Waals surface area contributed by atoms with E-state index in [1.165, 1.54) is 6.42 Å². The van der Waals surface area contributed by atoms with E-state index in [2.05, 4.69) is 4.98 Å². The van der Waals surface area contributed by atoms with Crippen LogP contribution in [0.3, 0.4) is 0 Å². The van der Waals surface area contributed by atoms with Crippen molar-refractivity contribution in [2.45, 2.75) is 56.0 Å². The lowest BCUT2D eigenvalue weighted by molar-refractivity contribution is 0.0126. The maximum atomic E-state index is 12.3. The summed E-state index contributed by atoms with van der Waals surface area (Å²) in [4.78, 5) is 18.4. The van der Waals surface area contributed by atoms with Crippen LogP contribution in [0, 0.1) is 0 Å². The molecule has 1 amide bonds. The molecule has 0 saturated carbocycles. The quantitative estimate of drug-likeness (QED) is 0.790. The topological polar surface area (TPSA) is 42.4 Å². The van der Waals surface area contributed by atoms with Gasteiger partial charge in [0.15, 0.2) is 0 Å². The SMILES string of the molecule is CC(C)(C)OC(=O)N1CCCCC1CSc1nccs1. The van der Waals surface area contributed by atoms with Crippen LogP contribution in [-0.4, -0.2) is 39.9 Å². The van der Waals surface area contributed by atoms with Crippen LogP contribution in [0.4, 0.5) is 4.79 Å². The Morgan fingerprint density at radius 2 is 2.35 bits per heavy atom. The van der Waals surface area contributed by atoms with Crippen molar-refractivity contribution < 1.29 is 9.53 Å². The van der Waals surface area contributed by atoms with Crippen LogP contribution in [-0.2, 0) is 4.74 Å². The van der Waals surface area contributed by atoms with Gasteiger partial charge in [0.1, 0.15) is 9.94 Å². The molecule has 20 heavy (non-hydrogen) atoms. The van der Waals surface area contributed by atoms with Gasteiger partial charge in [-0.15, -0.1) is 11.3 Å². The third kappa shape index (κ3) is 4.66. The van der Waals surface area contributed by atoms with Gasteiger partial charge in [0, 0.05) is 29.9 Å². The van der Waals surface area contributed by atoms with Crippen LogP contribution < -0.4 is 0 Å². The van der Waals surface area contributed by atoms with E-state index < -0.39 is 5.60 Å². The number of nitrogens with zero attached hydrogens (tertiary/aromatic N) is 2. The molecule has 1 saturated heterocycles. The molecule has 0 N–H and O–H groups in total. The van der Waals surface area contributed by atoms with Gasteiger partial charge in [0.25, 0.3) is 0 Å². The Morgan fingerprint density at radius 3 is 3.00 bits per heavy atom. The monoisotopic (exact) mass is 314 g/mol. The van der Waals surface area contributed by atoms with Crippen molar-refractivity contribution in [2.24, 2.45) is 0 Å². The summed E-state index contributed by atoms with van der Waals surface area (Å²) in [5.41, 5.74) is -0.429. The zero-order chi connectivity index (χ0) is 14.6. The molecule has 0 bridgehead atoms. The minimum atomic E-state index is -0.429. The first kappa shape index (κ1) is 15.6. The van der Waals surface area contributed by atoms with Crippen molar-refractivity contribution in [2.75, 3.05) is 12.3 Å². The van der Waals surface area contributed by atoms with E-state index in [4.69, 9.17) is 4.74 Å². The molecule has 0 aromatic carbocycles. The highest BCUT2D eigenvalue weighted by Crippen LogP contribution is 2.27. The smallest absolute Gasteiger partial charge is 0.410 e. The van der Waals surface area contributed by atoms with Gasteiger partial charge in [-0.2, -0.15) is 0 Å². The lowest BCUT2D eigenvalue weighted by atomic mass is 10.0. The van der Waals surface area contributed by atoms with Gasteiger partial charge in [-0.1, -0.05) is 11.8 Å². The number of amides is 1. The molecule has 4 nitrogen and oxygen atoms in total. The number of likely N-dealkylation sites (tertiary alicyclic amines) is 1. The highest BCUT2D eigenvalue weighted by atomic mass is 32.2. The summed E-state index contributed by atoms with van der Waals surface area (Å²) in [5, 5.41) is 1.98. The number of hydrogen-bond donors (Lipinski definition) is 0. The van der Waals surface area contributed by atoms with Gasteiger partial charge < -0.3 is 9.64 Å². The van der Waals surface area contributed by atoms with E-state index in [1.807, 2.05) is 37.2 Å². The van der Waals surface area contributed by atoms with Crippen LogP contribution in [0.15, 0.2) is 15.9 Å². The molecule has 1 unspecified atom stereocenters. The van der Waals surface area contributed by atoms with Crippen molar-refractivity contribution in [1.29, 1.82) is 0 Å². The number of carbonyl (C=O) groups is 1. The van der Waals surface area contributed by atoms with Gasteiger partial charge in [0.2, 0.25) is 0 Å². The fraction of sp³-hybridized carbons (Fsp3) is 0.714. The number of carbonyl (C=O) groups excluding carboxylic acids is 1. The van der Waals surface area contributed by atoms with Crippen LogP contribution in [0.2, 0.25) is 0 Å². The normalized spacial score (nSPS) is 19.9. The molecule has 1 atom stereocenters. The Labute approximate surface area is 128 Å². The molecule has 0 aliphatic carbocycles. The Kier molecular flexibility index (Phi) is 5.32. The lowest BCUT2D eigenvalue weighted by Gasteiger charge is -2.36. The van der Waals surface area contributed by atoms with Gasteiger partial charge in [-0.25, -0.2) is 9.78 Å². The summed E-state index contributed by atoms with van der Waals surface area (Å²) in [6.45, 7) is 6.54. The first-order chi connectivity index (χ1) is 9.46. The van der Waals surface area contributed by atoms with Crippen molar-refractivity contribution in [1.82, 2.24) is 9.88 Å². The fourth-order valence-electron chi connectivity index (χ4n) is 2.18. The van der Waals surface area contributed by atoms with Gasteiger partial charge in [-0.3, -0.25) is 0 Å². The minimum absolute atomic E-state index is 0.179. The molecule has 1 aliphatic rings. The molecule has 0 radical (unpaired) electrons. The van der Waals surface area contributed by atoms with Crippen LogP contribution in [0.1, 0.15) is 40.0 Å². The van der Waals surface area contributed by atoms with Gasteiger partial charge in [-0.05, 0) is 40.0 Å². The number of thiazole rings is 1. The van der Waals surface area contributed by atoms with E-state index in [1.54, 1.807) is 23.1 Å². The highest BCUT2D eigenvalue weighted by Gasteiger charge is 2.30. The predicted octanol–water partition coefficient (Wildman–Crippen LogP) is 4.02. The number of rotatable bonds is 3. The van der Waals surface area contributed by atoms with E-state index in [0.717, 1.165) is 29.5 Å². The highest BCUT2D eigenvalue weighted by molar-refractivity contribution is 8.01. The molecule has 1 aromatic heterocycles. The Hall–Kier alpha value is -0.750. The summed E-state index contributed by atoms with van der Waals surface area (Å²) in [6, 6.07) is 0.257. The molecule has 2 heterocycles. The summed E-state index contributed by atoms with van der Waals surface area (Å²) < 4.78 is 6.58. The Morgan fingerprint density at radius 1 is 1.55 bits per heavy atom. The van der Waals surface area contributed by atoms with Crippen molar-refractivity contribution in [3.63, 3.8) is 0 Å². The number of aromatic nitrogens is 1. The molecule has 6 heteroatoms. The third-order valence-corrected chi connectivity index (χ3v) is 5.17. The summed E-state index contributed by atoms with van der Waals surface area (Å²) in [7, 11) is 0. The Bertz CT molecular complexity index is 429. The molecule has 1 aliphatic heterocycles. The summed E-state index contributed by atoms with van der Waals surface area (Å²) >= 11 is 3.38. The zero-order valence-electron chi connectivity index (χ0n) is 12.3. The van der Waals surface area contributed by atoms with Crippen molar-refractivity contribution >= 4 is 29.2 Å². The first-order valence-electron chi connectivity index (χ1n) is 6.97. The maximum absolute atomic E-state index is 12.3. The standard InChI is InChI=1S/C14H22N2O2S2/c1-14(2,3)18-13(17)16-8-5-4-6-11(16)10-20-12-15-7-9-19-12/h7,9,11H,4-6,8,10H2,1-3H3. The van der Waals surface area contributed by atoms with Crippen molar-refractivity contribution in [3.8, 4) is 0 Å². The van der Waals surface area contributed by atoms with Crippen LogP contribution >= 0.6 is 23.1 Å². The molecule has 0 spiro atoms. The zero-order valence-corrected chi connectivity index (χ0v) is 13.9. The molecular formula is C14H22N2O2S2. The average Bonchev–Trinajstić information content (AvgIpc) is 2.87. The summed E-state index contributed by atoms with van der Waals surface area (Å²) in [5.74, 6) is 0.896. The largest absolute Gasteiger partial charge is 0.444 e. The van der Waals surface area contributed by atoms with E-state index >= 15 is 0 Å². The maximum Gasteiger partial charge on any atom is 0.410 e. The minimum Gasteiger partial charge on any atom is -0.444 e. The first-order valence-corrected chi connectivity index (χ1v) is 8.84. The molecule has 2 rings (SSSR count). The predicted molar refractivity (Wildman–Crippen MR) is 83.4 cm³/mol. The lowest BCUT2D eigenvalue weighted by Crippen LogP contribution is -2.47.